The molecule has 0 aromatic carbocycles. The van der Waals surface area contributed by atoms with Gasteiger partial charge in [-0.2, -0.15) is 13.2 Å². The van der Waals surface area contributed by atoms with Crippen molar-refractivity contribution in [2.24, 2.45) is 0 Å². The minimum atomic E-state index is -4.57. The Kier molecular flexibility index (Phi) is 5.35. The number of H-pyrrole nitrogens is 1. The van der Waals surface area contributed by atoms with Crippen LogP contribution in [0, 0.1) is 5.82 Å². The lowest BCUT2D eigenvalue weighted by Gasteiger charge is -2.26. The number of amides is 1. The normalized spacial score (nSPS) is 12.2. The average Bonchev–Trinajstić information content (AvgIpc) is 3.03. The van der Waals surface area contributed by atoms with Crippen LogP contribution >= 0.6 is 11.6 Å². The van der Waals surface area contributed by atoms with Crippen LogP contribution in [0.4, 0.5) is 23.4 Å². The molecule has 3 heterocycles. The minimum absolute atomic E-state index is 0.107. The molecular formula is C17H15ClF4N6O. The van der Waals surface area contributed by atoms with E-state index in [4.69, 9.17) is 11.6 Å². The van der Waals surface area contributed by atoms with Gasteiger partial charge in [-0.05, 0) is 19.9 Å². The van der Waals surface area contributed by atoms with E-state index in [2.05, 4.69) is 25.3 Å². The van der Waals surface area contributed by atoms with Gasteiger partial charge in [-0.1, -0.05) is 11.6 Å². The van der Waals surface area contributed by atoms with Crippen LogP contribution in [0.15, 0.2) is 24.7 Å². The lowest BCUT2D eigenvalue weighted by molar-refractivity contribution is -0.140. The Bertz CT molecular complexity index is 1070. The number of fused-ring (bicyclic) bond motifs is 1. The maximum atomic E-state index is 14.2. The van der Waals surface area contributed by atoms with E-state index < -0.39 is 30.0 Å². The van der Waals surface area contributed by atoms with Crippen LogP contribution < -0.4 is 10.6 Å². The van der Waals surface area contributed by atoms with Gasteiger partial charge in [-0.25, -0.2) is 19.3 Å². The zero-order valence-electron chi connectivity index (χ0n) is 15.2. The highest BCUT2D eigenvalue weighted by atomic mass is 35.5. The third-order valence-corrected chi connectivity index (χ3v) is 4.14. The standard InChI is InChI=1S/C17H15ClF4N6O/c1-16(2,15(29)26-7-17(20,21)22)28-14-11(19)6-25-13(27-14)10-5-24-12-9(10)3-8(18)4-23-12/h3-6H,7H2,1-2H3,(H,23,24)(H,26,29)(H,25,27,28). The number of pyridine rings is 1. The monoisotopic (exact) mass is 430 g/mol. The first-order valence-electron chi connectivity index (χ1n) is 8.25. The van der Waals surface area contributed by atoms with Gasteiger partial charge in [0.15, 0.2) is 17.5 Å². The number of hydrogen-bond donors (Lipinski definition) is 3. The largest absolute Gasteiger partial charge is 0.405 e. The molecule has 0 atom stereocenters. The van der Waals surface area contributed by atoms with Gasteiger partial charge < -0.3 is 15.6 Å². The lowest BCUT2D eigenvalue weighted by atomic mass is 10.0. The van der Waals surface area contributed by atoms with E-state index in [1.165, 1.54) is 20.0 Å². The Morgan fingerprint density at radius 1 is 1.24 bits per heavy atom. The molecule has 0 spiro atoms. The van der Waals surface area contributed by atoms with E-state index in [0.29, 0.717) is 21.6 Å². The van der Waals surface area contributed by atoms with Gasteiger partial charge >= 0.3 is 6.18 Å². The molecule has 7 nitrogen and oxygen atoms in total. The van der Waals surface area contributed by atoms with Crippen molar-refractivity contribution < 1.29 is 22.4 Å². The molecule has 29 heavy (non-hydrogen) atoms. The fourth-order valence-electron chi connectivity index (χ4n) is 2.50. The van der Waals surface area contributed by atoms with Crippen molar-refractivity contribution >= 4 is 34.4 Å². The highest BCUT2D eigenvalue weighted by Gasteiger charge is 2.34. The van der Waals surface area contributed by atoms with Gasteiger partial charge in [-0.15, -0.1) is 0 Å². The molecule has 0 bridgehead atoms. The fourth-order valence-corrected chi connectivity index (χ4v) is 2.66. The minimum Gasteiger partial charge on any atom is -0.354 e. The second-order valence-electron chi connectivity index (χ2n) is 6.69. The summed E-state index contributed by atoms with van der Waals surface area (Å²) in [5.41, 5.74) is -0.584. The third kappa shape index (κ3) is 4.73. The maximum absolute atomic E-state index is 14.2. The zero-order valence-corrected chi connectivity index (χ0v) is 15.9. The number of alkyl halides is 3. The van der Waals surface area contributed by atoms with Gasteiger partial charge in [0, 0.05) is 23.3 Å². The molecule has 0 aliphatic carbocycles. The highest BCUT2D eigenvalue weighted by molar-refractivity contribution is 6.31. The first-order valence-corrected chi connectivity index (χ1v) is 8.63. The Morgan fingerprint density at radius 2 is 1.97 bits per heavy atom. The molecule has 0 radical (unpaired) electrons. The van der Waals surface area contributed by atoms with Crippen molar-refractivity contribution in [3.63, 3.8) is 0 Å². The number of nitrogens with zero attached hydrogens (tertiary/aromatic N) is 3. The predicted molar refractivity (Wildman–Crippen MR) is 98.9 cm³/mol. The number of carbonyl (C=O) groups is 1. The summed E-state index contributed by atoms with van der Waals surface area (Å²) in [5.74, 6) is -2.08. The zero-order chi connectivity index (χ0) is 21.4. The smallest absolute Gasteiger partial charge is 0.354 e. The summed E-state index contributed by atoms with van der Waals surface area (Å²) in [4.78, 5) is 27.1. The Morgan fingerprint density at radius 3 is 2.66 bits per heavy atom. The maximum Gasteiger partial charge on any atom is 0.405 e. The van der Waals surface area contributed by atoms with Crippen molar-refractivity contribution in [2.75, 3.05) is 11.9 Å². The Hall–Kier alpha value is -2.95. The summed E-state index contributed by atoms with van der Waals surface area (Å²) >= 11 is 5.96. The Balaban J connectivity index is 1.89. The molecular weight excluding hydrogens is 416 g/mol. The quantitative estimate of drug-likeness (QED) is 0.537. The molecule has 0 unspecified atom stereocenters. The number of aromatic nitrogens is 4. The van der Waals surface area contributed by atoms with Crippen LogP contribution in [-0.4, -0.2) is 44.1 Å². The second kappa shape index (κ2) is 7.47. The van der Waals surface area contributed by atoms with Crippen LogP contribution in [0.2, 0.25) is 5.02 Å². The van der Waals surface area contributed by atoms with Crippen LogP contribution in [0.5, 0.6) is 0 Å². The van der Waals surface area contributed by atoms with Gasteiger partial charge in [0.05, 0.1) is 11.2 Å². The molecule has 3 N–H and O–H groups in total. The number of anilines is 1. The molecule has 12 heteroatoms. The molecule has 0 saturated carbocycles. The van der Waals surface area contributed by atoms with Crippen molar-refractivity contribution in [3.05, 3.63) is 35.5 Å². The molecule has 0 aliphatic rings. The number of carbonyl (C=O) groups excluding carboxylic acids is 1. The van der Waals surface area contributed by atoms with Crippen LogP contribution in [0.1, 0.15) is 13.8 Å². The molecule has 154 valence electrons. The van der Waals surface area contributed by atoms with Gasteiger partial charge in [0.2, 0.25) is 5.91 Å². The molecule has 0 saturated heterocycles. The van der Waals surface area contributed by atoms with Gasteiger partial charge in [-0.3, -0.25) is 4.79 Å². The summed E-state index contributed by atoms with van der Waals surface area (Å²) in [5, 5.41) is 5.25. The fraction of sp³-hybridized carbons (Fsp3) is 0.294. The van der Waals surface area contributed by atoms with Crippen LogP contribution in [-0.2, 0) is 4.79 Å². The van der Waals surface area contributed by atoms with E-state index >= 15 is 0 Å². The first-order chi connectivity index (χ1) is 13.5. The molecule has 0 fully saturated rings. The molecule has 3 rings (SSSR count). The van der Waals surface area contributed by atoms with Crippen molar-refractivity contribution in [3.8, 4) is 11.4 Å². The number of rotatable bonds is 5. The first kappa shape index (κ1) is 20.8. The SMILES string of the molecule is CC(C)(Nc1nc(-c2c[nH]c3ncc(Cl)cc23)ncc1F)C(=O)NCC(F)(F)F. The summed E-state index contributed by atoms with van der Waals surface area (Å²) in [6.07, 6.45) is -0.661. The average molecular weight is 431 g/mol. The topological polar surface area (TPSA) is 95.6 Å². The van der Waals surface area contributed by atoms with E-state index in [0.717, 1.165) is 6.20 Å². The Labute approximate surface area is 166 Å². The summed E-state index contributed by atoms with van der Waals surface area (Å²) in [6, 6.07) is 1.63. The molecule has 3 aromatic rings. The van der Waals surface area contributed by atoms with Crippen molar-refractivity contribution in [1.29, 1.82) is 0 Å². The third-order valence-electron chi connectivity index (χ3n) is 3.93. The second-order valence-corrected chi connectivity index (χ2v) is 7.13. The molecule has 1 amide bonds. The number of aromatic amines is 1. The number of halogens is 5. The number of nitrogens with one attached hydrogen (secondary N) is 3. The summed E-state index contributed by atoms with van der Waals surface area (Å²) in [7, 11) is 0. The highest BCUT2D eigenvalue weighted by Crippen LogP contribution is 2.28. The van der Waals surface area contributed by atoms with E-state index in [-0.39, 0.29) is 11.6 Å². The van der Waals surface area contributed by atoms with E-state index in [9.17, 15) is 22.4 Å². The lowest BCUT2D eigenvalue weighted by Crippen LogP contribution is -2.50. The van der Waals surface area contributed by atoms with Crippen LogP contribution in [0.25, 0.3) is 22.4 Å². The molecule has 3 aromatic heterocycles. The molecule has 0 aliphatic heterocycles. The van der Waals surface area contributed by atoms with Crippen LogP contribution in [0.3, 0.4) is 0 Å². The van der Waals surface area contributed by atoms with E-state index in [1.54, 1.807) is 17.6 Å². The summed E-state index contributed by atoms with van der Waals surface area (Å²) < 4.78 is 51.2. The van der Waals surface area contributed by atoms with Crippen molar-refractivity contribution in [2.45, 2.75) is 25.6 Å². The van der Waals surface area contributed by atoms with E-state index in [1.807, 2.05) is 0 Å². The summed E-state index contributed by atoms with van der Waals surface area (Å²) in [6.45, 7) is 1.10. The van der Waals surface area contributed by atoms with Crippen molar-refractivity contribution in [1.82, 2.24) is 25.3 Å². The van der Waals surface area contributed by atoms with Gasteiger partial charge in [0.25, 0.3) is 0 Å². The number of hydrogen-bond acceptors (Lipinski definition) is 5. The van der Waals surface area contributed by atoms with Gasteiger partial charge in [0.1, 0.15) is 17.7 Å². The predicted octanol–water partition coefficient (Wildman–Crippen LogP) is 3.68.